The van der Waals surface area contributed by atoms with Crippen molar-refractivity contribution >= 4 is 11.7 Å². The van der Waals surface area contributed by atoms with Crippen LogP contribution in [-0.2, 0) is 4.79 Å². The van der Waals surface area contributed by atoms with Crippen molar-refractivity contribution in [3.8, 4) is 0 Å². The number of piperazine rings is 1. The molecule has 120 valence electrons. The van der Waals surface area contributed by atoms with Gasteiger partial charge in [0.15, 0.2) is 0 Å². The fourth-order valence-corrected chi connectivity index (χ4v) is 3.37. The van der Waals surface area contributed by atoms with Gasteiger partial charge in [-0.15, -0.1) is 0 Å². The number of carbonyl (C=O) groups excluding carboxylic acids is 1. The predicted octanol–water partition coefficient (Wildman–Crippen LogP) is 1.65. The van der Waals surface area contributed by atoms with Crippen LogP contribution >= 0.6 is 0 Å². The van der Waals surface area contributed by atoms with Crippen LogP contribution in [0.1, 0.15) is 32.1 Å². The normalized spacial score (nSPS) is 20.3. The van der Waals surface area contributed by atoms with Gasteiger partial charge < -0.3 is 10.2 Å². The quantitative estimate of drug-likeness (QED) is 0.898. The monoisotopic (exact) mass is 302 g/mol. The van der Waals surface area contributed by atoms with Crippen LogP contribution in [0.25, 0.3) is 0 Å². The second kappa shape index (κ2) is 7.58. The highest BCUT2D eigenvalue weighted by molar-refractivity contribution is 5.76. The SMILES string of the molecule is O=C(CCN1CCN(c2ccccn2)CC1)NC1CCCC1. The van der Waals surface area contributed by atoms with Crippen LogP contribution in [0.2, 0.25) is 0 Å². The molecule has 0 radical (unpaired) electrons. The molecule has 1 aliphatic heterocycles. The number of hydrogen-bond acceptors (Lipinski definition) is 4. The molecule has 3 rings (SSSR count). The molecule has 2 fully saturated rings. The summed E-state index contributed by atoms with van der Waals surface area (Å²) in [5.74, 6) is 1.28. The molecule has 22 heavy (non-hydrogen) atoms. The Morgan fingerprint density at radius 3 is 2.64 bits per heavy atom. The van der Waals surface area contributed by atoms with Crippen LogP contribution < -0.4 is 10.2 Å². The molecule has 1 aliphatic carbocycles. The third-order valence-electron chi connectivity index (χ3n) is 4.72. The van der Waals surface area contributed by atoms with Crippen LogP contribution in [-0.4, -0.2) is 54.6 Å². The van der Waals surface area contributed by atoms with Gasteiger partial charge in [-0.2, -0.15) is 0 Å². The zero-order valence-corrected chi connectivity index (χ0v) is 13.2. The molecular weight excluding hydrogens is 276 g/mol. The minimum Gasteiger partial charge on any atom is -0.354 e. The molecule has 0 spiro atoms. The molecule has 0 atom stereocenters. The van der Waals surface area contributed by atoms with Crippen molar-refractivity contribution in [3.05, 3.63) is 24.4 Å². The van der Waals surface area contributed by atoms with Crippen molar-refractivity contribution in [2.75, 3.05) is 37.6 Å². The lowest BCUT2D eigenvalue weighted by atomic mass is 10.2. The highest BCUT2D eigenvalue weighted by Gasteiger charge is 2.20. The summed E-state index contributed by atoms with van der Waals surface area (Å²) >= 11 is 0. The van der Waals surface area contributed by atoms with Gasteiger partial charge in [-0.05, 0) is 25.0 Å². The number of amides is 1. The lowest BCUT2D eigenvalue weighted by molar-refractivity contribution is -0.122. The topological polar surface area (TPSA) is 48.5 Å². The molecule has 1 amide bonds. The smallest absolute Gasteiger partial charge is 0.221 e. The lowest BCUT2D eigenvalue weighted by Gasteiger charge is -2.35. The van der Waals surface area contributed by atoms with E-state index in [0.717, 1.165) is 51.4 Å². The third kappa shape index (κ3) is 4.19. The van der Waals surface area contributed by atoms with Gasteiger partial charge in [0, 0.05) is 51.4 Å². The highest BCUT2D eigenvalue weighted by Crippen LogP contribution is 2.17. The maximum Gasteiger partial charge on any atom is 0.221 e. The van der Waals surface area contributed by atoms with Crippen molar-refractivity contribution in [2.24, 2.45) is 0 Å². The summed E-state index contributed by atoms with van der Waals surface area (Å²) < 4.78 is 0. The third-order valence-corrected chi connectivity index (χ3v) is 4.72. The average molecular weight is 302 g/mol. The van der Waals surface area contributed by atoms with Crippen molar-refractivity contribution in [1.29, 1.82) is 0 Å². The first-order valence-electron chi connectivity index (χ1n) is 8.49. The van der Waals surface area contributed by atoms with E-state index in [1.807, 2.05) is 18.3 Å². The van der Waals surface area contributed by atoms with E-state index >= 15 is 0 Å². The van der Waals surface area contributed by atoms with Gasteiger partial charge in [-0.25, -0.2) is 4.98 Å². The largest absolute Gasteiger partial charge is 0.354 e. The van der Waals surface area contributed by atoms with Gasteiger partial charge in [0.2, 0.25) is 5.91 Å². The fraction of sp³-hybridized carbons (Fsp3) is 0.647. The van der Waals surface area contributed by atoms with E-state index < -0.39 is 0 Å². The number of nitrogens with zero attached hydrogens (tertiary/aromatic N) is 3. The van der Waals surface area contributed by atoms with Gasteiger partial charge in [0.25, 0.3) is 0 Å². The maximum absolute atomic E-state index is 12.0. The molecule has 1 aromatic rings. The number of carbonyl (C=O) groups is 1. The molecule has 2 heterocycles. The molecule has 1 saturated heterocycles. The molecule has 0 aromatic carbocycles. The predicted molar refractivity (Wildman–Crippen MR) is 87.9 cm³/mol. The Labute approximate surface area is 132 Å². The molecule has 1 N–H and O–H groups in total. The first kappa shape index (κ1) is 15.3. The lowest BCUT2D eigenvalue weighted by Crippen LogP contribution is -2.47. The number of aromatic nitrogens is 1. The van der Waals surface area contributed by atoms with Gasteiger partial charge in [0.05, 0.1) is 0 Å². The van der Waals surface area contributed by atoms with Crippen LogP contribution in [0.3, 0.4) is 0 Å². The van der Waals surface area contributed by atoms with Crippen molar-refractivity contribution < 1.29 is 4.79 Å². The summed E-state index contributed by atoms with van der Waals surface area (Å²) in [4.78, 5) is 21.1. The van der Waals surface area contributed by atoms with Gasteiger partial charge >= 0.3 is 0 Å². The molecule has 5 heteroatoms. The standard InChI is InChI=1S/C17H26N4O/c22-17(19-15-5-1-2-6-15)8-10-20-11-13-21(14-12-20)16-7-3-4-9-18-16/h3-4,7,9,15H,1-2,5-6,8,10-14H2,(H,19,22). The van der Waals surface area contributed by atoms with E-state index in [0.29, 0.717) is 12.5 Å². The first-order valence-corrected chi connectivity index (χ1v) is 8.49. The van der Waals surface area contributed by atoms with E-state index in [4.69, 9.17) is 0 Å². The summed E-state index contributed by atoms with van der Waals surface area (Å²) in [6.45, 7) is 4.86. The fourth-order valence-electron chi connectivity index (χ4n) is 3.37. The van der Waals surface area contributed by atoms with Crippen LogP contribution in [0.5, 0.6) is 0 Å². The second-order valence-corrected chi connectivity index (χ2v) is 6.32. The number of nitrogens with one attached hydrogen (secondary N) is 1. The summed E-state index contributed by atoms with van der Waals surface area (Å²) in [6, 6.07) is 6.48. The Bertz CT molecular complexity index is 465. The molecule has 2 aliphatic rings. The number of hydrogen-bond donors (Lipinski definition) is 1. The van der Waals surface area contributed by atoms with E-state index in [1.54, 1.807) is 0 Å². The zero-order valence-electron chi connectivity index (χ0n) is 13.2. The van der Waals surface area contributed by atoms with Gasteiger partial charge in [-0.3, -0.25) is 9.69 Å². The number of rotatable bonds is 5. The summed E-state index contributed by atoms with van der Waals surface area (Å²) in [7, 11) is 0. The molecule has 0 unspecified atom stereocenters. The van der Waals surface area contributed by atoms with E-state index in [9.17, 15) is 4.79 Å². The Balaban J connectivity index is 1.36. The van der Waals surface area contributed by atoms with E-state index in [1.165, 1.54) is 12.8 Å². The summed E-state index contributed by atoms with van der Waals surface area (Å²) in [6.07, 6.45) is 7.32. The minimum atomic E-state index is 0.221. The van der Waals surface area contributed by atoms with E-state index in [2.05, 4.69) is 26.2 Å². The van der Waals surface area contributed by atoms with Gasteiger partial charge in [-0.1, -0.05) is 18.9 Å². The number of pyridine rings is 1. The Morgan fingerprint density at radius 1 is 1.18 bits per heavy atom. The molecule has 5 nitrogen and oxygen atoms in total. The van der Waals surface area contributed by atoms with Crippen LogP contribution in [0.15, 0.2) is 24.4 Å². The Hall–Kier alpha value is -1.62. The maximum atomic E-state index is 12.0. The molecule has 0 bridgehead atoms. The number of anilines is 1. The summed E-state index contributed by atoms with van der Waals surface area (Å²) in [5, 5.41) is 3.17. The van der Waals surface area contributed by atoms with E-state index in [-0.39, 0.29) is 5.91 Å². The average Bonchev–Trinajstić information content (AvgIpc) is 3.07. The molecular formula is C17H26N4O. The van der Waals surface area contributed by atoms with Crippen molar-refractivity contribution in [3.63, 3.8) is 0 Å². The molecule has 1 aromatic heterocycles. The Kier molecular flexibility index (Phi) is 5.27. The van der Waals surface area contributed by atoms with Crippen LogP contribution in [0, 0.1) is 0 Å². The Morgan fingerprint density at radius 2 is 1.95 bits per heavy atom. The van der Waals surface area contributed by atoms with Crippen LogP contribution in [0.4, 0.5) is 5.82 Å². The minimum absolute atomic E-state index is 0.221. The molecule has 1 saturated carbocycles. The van der Waals surface area contributed by atoms with Gasteiger partial charge in [0.1, 0.15) is 5.82 Å². The van der Waals surface area contributed by atoms with Crippen molar-refractivity contribution in [1.82, 2.24) is 15.2 Å². The first-order chi connectivity index (χ1) is 10.8. The summed E-state index contributed by atoms with van der Waals surface area (Å²) in [5.41, 5.74) is 0. The zero-order chi connectivity index (χ0) is 15.2. The van der Waals surface area contributed by atoms with Crippen molar-refractivity contribution in [2.45, 2.75) is 38.1 Å². The second-order valence-electron chi connectivity index (χ2n) is 6.32. The highest BCUT2D eigenvalue weighted by atomic mass is 16.1.